The van der Waals surface area contributed by atoms with Crippen molar-refractivity contribution in [2.75, 3.05) is 5.09 Å². The summed E-state index contributed by atoms with van der Waals surface area (Å²) in [6, 6.07) is 4.80. The minimum Gasteiger partial charge on any atom is -0.790 e. The number of anilines is 1. The van der Waals surface area contributed by atoms with Gasteiger partial charge in [0.1, 0.15) is 5.75 Å². The van der Waals surface area contributed by atoms with Crippen molar-refractivity contribution in [3.63, 3.8) is 0 Å². The zero-order valence-electron chi connectivity index (χ0n) is 13.3. The van der Waals surface area contributed by atoms with Crippen LogP contribution in [0.1, 0.15) is 0 Å². The van der Waals surface area contributed by atoms with Crippen LogP contribution in [0.15, 0.2) is 24.3 Å². The van der Waals surface area contributed by atoms with Crippen molar-refractivity contribution in [3.8, 4) is 5.75 Å². The Balaban J connectivity index is -0.000000500. The molecule has 0 aromatic heterocycles. The molecule has 0 spiro atoms. The molecular formula is C6H6NNa4O10P3. The average Bonchev–Trinajstić information content (AvgIpc) is 2.15. The smallest absolute Gasteiger partial charge is 0.790 e. The van der Waals surface area contributed by atoms with Crippen LogP contribution in [0.5, 0.6) is 5.75 Å². The second kappa shape index (κ2) is 14.3. The molecule has 0 fully saturated rings. The van der Waals surface area contributed by atoms with Crippen molar-refractivity contribution in [1.82, 2.24) is 0 Å². The molecule has 0 radical (unpaired) electrons. The molecule has 0 bridgehead atoms. The van der Waals surface area contributed by atoms with Crippen LogP contribution in [0.3, 0.4) is 0 Å². The molecule has 2 unspecified atom stereocenters. The molecule has 24 heavy (non-hydrogen) atoms. The van der Waals surface area contributed by atoms with E-state index in [1.54, 1.807) is 0 Å². The third-order valence-electron chi connectivity index (χ3n) is 1.57. The van der Waals surface area contributed by atoms with E-state index in [2.05, 4.69) is 8.62 Å². The van der Waals surface area contributed by atoms with Gasteiger partial charge in [0.25, 0.3) is 7.82 Å². The summed E-state index contributed by atoms with van der Waals surface area (Å²) in [5, 5.41) is 10.8. The summed E-state index contributed by atoms with van der Waals surface area (Å²) in [6.45, 7) is 0. The van der Waals surface area contributed by atoms with Crippen LogP contribution in [0.4, 0.5) is 5.69 Å². The van der Waals surface area contributed by atoms with E-state index in [9.17, 15) is 38.4 Å². The van der Waals surface area contributed by atoms with Crippen molar-refractivity contribution < 1.29 is 165 Å². The molecule has 2 atom stereocenters. The molecule has 114 valence electrons. The van der Waals surface area contributed by atoms with Crippen LogP contribution in [0.2, 0.25) is 0 Å². The number of nitrogens with one attached hydrogen (secondary N) is 1. The predicted molar refractivity (Wildman–Crippen MR) is 56.7 cm³/mol. The Morgan fingerprint density at radius 3 is 1.75 bits per heavy atom. The van der Waals surface area contributed by atoms with Gasteiger partial charge in [-0.15, -0.1) is 0 Å². The first-order valence-electron chi connectivity index (χ1n) is 4.53. The quantitative estimate of drug-likeness (QED) is 0.244. The average molecular weight is 437 g/mol. The molecule has 0 aliphatic rings. The molecule has 0 aliphatic heterocycles. The molecule has 0 saturated heterocycles. The van der Waals surface area contributed by atoms with E-state index in [0.29, 0.717) is 0 Å². The van der Waals surface area contributed by atoms with Gasteiger partial charge < -0.3 is 34.3 Å². The van der Waals surface area contributed by atoms with Crippen LogP contribution < -0.4 is 143 Å². The summed E-state index contributed by atoms with van der Waals surface area (Å²) in [5.74, 6) is -0.549. The molecule has 18 heteroatoms. The molecule has 1 aromatic rings. The Morgan fingerprint density at radius 1 is 0.875 bits per heavy atom. The number of phosphoric acid groups is 2. The summed E-state index contributed by atoms with van der Waals surface area (Å²) in [6.07, 6.45) is 0. The molecule has 0 amide bonds. The summed E-state index contributed by atoms with van der Waals surface area (Å²) < 4.78 is 38.7. The minimum absolute atomic E-state index is 0. The first-order chi connectivity index (χ1) is 8.90. The molecular weight excluding hydrogens is 431 g/mol. The van der Waals surface area contributed by atoms with Crippen LogP contribution in [0.25, 0.3) is 0 Å². The zero-order valence-corrected chi connectivity index (χ0v) is 24.0. The Hall–Kier alpha value is 3.27. The SMILES string of the molecule is O=P([O-])([O-])OP(=O)([O-])OP(=O)([O-])Nc1ccccc1O.[Na+].[Na+].[Na+].[Na+]. The maximum Gasteiger partial charge on any atom is 1.00 e. The van der Waals surface area contributed by atoms with Gasteiger partial charge in [-0.2, -0.15) is 0 Å². The Morgan fingerprint density at radius 2 is 1.33 bits per heavy atom. The molecule has 0 aliphatic carbocycles. The van der Waals surface area contributed by atoms with Crippen molar-refractivity contribution >= 4 is 29.1 Å². The van der Waals surface area contributed by atoms with Crippen LogP contribution in [0, 0.1) is 0 Å². The summed E-state index contributed by atoms with van der Waals surface area (Å²) in [5.41, 5.74) is -0.432. The Bertz CT molecular complexity index is 641. The molecule has 2 N–H and O–H groups in total. The number of aromatic hydroxyl groups is 1. The van der Waals surface area contributed by atoms with E-state index in [1.165, 1.54) is 17.2 Å². The van der Waals surface area contributed by atoms with Gasteiger partial charge in [0.15, 0.2) is 0 Å². The number of hydrogen-bond acceptors (Lipinski definition) is 10. The fourth-order valence-corrected chi connectivity index (χ4v) is 4.07. The van der Waals surface area contributed by atoms with Crippen molar-refractivity contribution in [3.05, 3.63) is 24.3 Å². The van der Waals surface area contributed by atoms with Gasteiger partial charge in [0, 0.05) is 0 Å². The van der Waals surface area contributed by atoms with E-state index in [4.69, 9.17) is 0 Å². The first-order valence-corrected chi connectivity index (χ1v) is 9.00. The number of phenolic OH excluding ortho intramolecular Hbond substituents is 1. The van der Waals surface area contributed by atoms with Crippen molar-refractivity contribution in [1.29, 1.82) is 0 Å². The van der Waals surface area contributed by atoms with Gasteiger partial charge in [-0.1, -0.05) is 12.1 Å². The zero-order chi connectivity index (χ0) is 15.6. The Kier molecular flexibility index (Phi) is 20.7. The van der Waals surface area contributed by atoms with Gasteiger partial charge in [-0.05, 0) is 12.1 Å². The topological polar surface area (TPSA) is 194 Å². The molecule has 0 saturated carbocycles. The van der Waals surface area contributed by atoms with E-state index in [0.717, 1.165) is 12.1 Å². The monoisotopic (exact) mass is 437 g/mol. The maximum absolute atomic E-state index is 11.3. The second-order valence-electron chi connectivity index (χ2n) is 3.18. The third kappa shape index (κ3) is 15.2. The van der Waals surface area contributed by atoms with Gasteiger partial charge in [0.2, 0.25) is 7.75 Å². The molecule has 0 heterocycles. The normalized spacial score (nSPS) is 15.0. The van der Waals surface area contributed by atoms with Gasteiger partial charge in [-0.25, -0.2) is 0 Å². The second-order valence-corrected chi connectivity index (χ2v) is 7.50. The number of para-hydroxylation sites is 2. The molecule has 11 nitrogen and oxygen atoms in total. The summed E-state index contributed by atoms with van der Waals surface area (Å²) in [4.78, 5) is 42.3. The molecule has 1 rings (SSSR count). The first kappa shape index (κ1) is 34.8. The van der Waals surface area contributed by atoms with Crippen LogP contribution >= 0.6 is 23.4 Å². The molecule has 1 aromatic carbocycles. The van der Waals surface area contributed by atoms with E-state index in [1.807, 2.05) is 0 Å². The van der Waals surface area contributed by atoms with Gasteiger partial charge in [-0.3, -0.25) is 17.8 Å². The summed E-state index contributed by atoms with van der Waals surface area (Å²) in [7, 11) is -17.4. The van der Waals surface area contributed by atoms with Gasteiger partial charge in [0.05, 0.1) is 13.5 Å². The summed E-state index contributed by atoms with van der Waals surface area (Å²) >= 11 is 0. The number of rotatable bonds is 6. The van der Waals surface area contributed by atoms with Crippen LogP contribution in [-0.2, 0) is 22.3 Å². The van der Waals surface area contributed by atoms with Crippen molar-refractivity contribution in [2.45, 2.75) is 0 Å². The van der Waals surface area contributed by atoms with E-state index >= 15 is 0 Å². The Labute approximate surface area is 225 Å². The van der Waals surface area contributed by atoms with Gasteiger partial charge >= 0.3 is 118 Å². The number of phenols is 1. The fourth-order valence-electron chi connectivity index (χ4n) is 1.01. The third-order valence-corrected chi connectivity index (χ3v) is 5.34. The van der Waals surface area contributed by atoms with Crippen LogP contribution in [-0.4, -0.2) is 5.11 Å². The number of benzene rings is 1. The maximum atomic E-state index is 11.3. The van der Waals surface area contributed by atoms with Crippen molar-refractivity contribution in [2.24, 2.45) is 0 Å². The van der Waals surface area contributed by atoms with E-state index < -0.39 is 34.8 Å². The number of hydrogen-bond donors (Lipinski definition) is 2. The standard InChI is InChI=1S/C6H10NO10P3.4Na/c8-6-4-2-1-3-5(6)7-18(9,10)16-20(14,15)17-19(11,12)13;;;;/h1-4,8H,(H,14,15)(H2,7,9,10)(H2,11,12,13);;;;/q;4*+1/p-4. The largest absolute Gasteiger partial charge is 1.00 e. The van der Waals surface area contributed by atoms with E-state index in [-0.39, 0.29) is 118 Å². The fraction of sp³-hybridized carbons (Fsp3) is 0. The minimum atomic E-state index is -6.00. The predicted octanol–water partition coefficient (Wildman–Crippen LogP) is -13.4.